The molecule has 0 aliphatic heterocycles. The number of hydrogen-bond donors (Lipinski definition) is 1. The van der Waals surface area contributed by atoms with E-state index in [0.717, 1.165) is 19.5 Å². The third-order valence-electron chi connectivity index (χ3n) is 1.20. The first-order valence-electron chi connectivity index (χ1n) is 5.74. The molecule has 0 saturated heterocycles. The van der Waals surface area contributed by atoms with Crippen molar-refractivity contribution in [2.45, 2.75) is 54.9 Å². The maximum Gasteiger partial charge on any atom is 0.130 e. The highest BCUT2D eigenvalue weighted by Gasteiger charge is 1.95. The van der Waals surface area contributed by atoms with Gasteiger partial charge in [-0.05, 0) is 25.9 Å². The molecule has 0 bridgehead atoms. The SMILES string of the molecule is CC.CC(=O)CC(C)C.CCNCC. The molecule has 0 aliphatic rings. The Balaban J connectivity index is -0.000000152. The molecule has 0 saturated carbocycles. The average Bonchev–Trinajstić information content (AvgIpc) is 2.08. The second-order valence-corrected chi connectivity index (χ2v) is 3.26. The fourth-order valence-corrected chi connectivity index (χ4v) is 0.825. The molecular weight excluding hydrogens is 174 g/mol. The van der Waals surface area contributed by atoms with Crippen LogP contribution in [0.4, 0.5) is 0 Å². The van der Waals surface area contributed by atoms with Gasteiger partial charge in [0.1, 0.15) is 5.78 Å². The van der Waals surface area contributed by atoms with Gasteiger partial charge in [0.15, 0.2) is 0 Å². The first-order valence-corrected chi connectivity index (χ1v) is 5.74. The number of nitrogens with one attached hydrogen (secondary N) is 1. The van der Waals surface area contributed by atoms with Crippen LogP contribution in [0.3, 0.4) is 0 Å². The van der Waals surface area contributed by atoms with Gasteiger partial charge in [0.05, 0.1) is 0 Å². The Morgan fingerprint density at radius 3 is 1.50 bits per heavy atom. The lowest BCUT2D eigenvalue weighted by atomic mass is 10.1. The molecule has 0 aliphatic carbocycles. The van der Waals surface area contributed by atoms with E-state index in [2.05, 4.69) is 19.2 Å². The van der Waals surface area contributed by atoms with E-state index in [0.29, 0.717) is 5.92 Å². The van der Waals surface area contributed by atoms with E-state index < -0.39 is 0 Å². The minimum Gasteiger partial charge on any atom is -0.317 e. The Hall–Kier alpha value is -0.370. The molecule has 0 atom stereocenters. The van der Waals surface area contributed by atoms with Gasteiger partial charge in [0, 0.05) is 6.42 Å². The Kier molecular flexibility index (Phi) is 25.3. The summed E-state index contributed by atoms with van der Waals surface area (Å²) in [7, 11) is 0. The molecule has 0 rings (SSSR count). The van der Waals surface area contributed by atoms with Crippen LogP contribution in [-0.4, -0.2) is 18.9 Å². The normalized spacial score (nSPS) is 8.29. The van der Waals surface area contributed by atoms with Gasteiger partial charge in [-0.3, -0.25) is 0 Å². The molecule has 1 N–H and O–H groups in total. The van der Waals surface area contributed by atoms with Crippen molar-refractivity contribution in [2.75, 3.05) is 13.1 Å². The second kappa shape index (κ2) is 18.4. The maximum atomic E-state index is 10.3. The summed E-state index contributed by atoms with van der Waals surface area (Å²) in [6.45, 7) is 16.1. The third kappa shape index (κ3) is 41.5. The summed E-state index contributed by atoms with van der Waals surface area (Å²) in [4.78, 5) is 10.3. The summed E-state index contributed by atoms with van der Waals surface area (Å²) in [5.41, 5.74) is 0. The van der Waals surface area contributed by atoms with Crippen LogP contribution in [0, 0.1) is 5.92 Å². The Bertz CT molecular complexity index is 98.5. The molecule has 0 spiro atoms. The summed E-state index contributed by atoms with van der Waals surface area (Å²) in [5, 5.41) is 3.11. The first-order chi connectivity index (χ1) is 6.54. The van der Waals surface area contributed by atoms with Crippen LogP contribution in [0.5, 0.6) is 0 Å². The van der Waals surface area contributed by atoms with Gasteiger partial charge in [-0.2, -0.15) is 0 Å². The minimum atomic E-state index is 0.287. The van der Waals surface area contributed by atoms with Crippen molar-refractivity contribution >= 4 is 5.78 Å². The number of ketones is 1. The molecule has 0 aromatic heterocycles. The fourth-order valence-electron chi connectivity index (χ4n) is 0.825. The smallest absolute Gasteiger partial charge is 0.130 e. The van der Waals surface area contributed by atoms with Crippen molar-refractivity contribution in [2.24, 2.45) is 5.92 Å². The van der Waals surface area contributed by atoms with Gasteiger partial charge in [-0.15, -0.1) is 0 Å². The topological polar surface area (TPSA) is 29.1 Å². The van der Waals surface area contributed by atoms with E-state index in [1.807, 2.05) is 27.7 Å². The molecule has 88 valence electrons. The molecule has 0 heterocycles. The lowest BCUT2D eigenvalue weighted by Crippen LogP contribution is -2.09. The van der Waals surface area contributed by atoms with E-state index in [9.17, 15) is 4.79 Å². The summed E-state index contributed by atoms with van der Waals surface area (Å²) in [6, 6.07) is 0. The molecule has 0 fully saturated rings. The second-order valence-electron chi connectivity index (χ2n) is 3.26. The van der Waals surface area contributed by atoms with E-state index in [1.165, 1.54) is 0 Å². The zero-order valence-electron chi connectivity index (χ0n) is 11.1. The van der Waals surface area contributed by atoms with Crippen molar-refractivity contribution in [3.63, 3.8) is 0 Å². The molecule has 2 heteroatoms. The molecular formula is C12H29NO. The minimum absolute atomic E-state index is 0.287. The summed E-state index contributed by atoms with van der Waals surface area (Å²) in [6.07, 6.45) is 0.722. The van der Waals surface area contributed by atoms with Crippen molar-refractivity contribution in [1.29, 1.82) is 0 Å². The molecule has 0 unspecified atom stereocenters. The summed E-state index contributed by atoms with van der Waals surface area (Å²) >= 11 is 0. The number of carbonyl (C=O) groups excluding carboxylic acids is 1. The van der Waals surface area contributed by atoms with Crippen LogP contribution in [-0.2, 0) is 4.79 Å². The maximum absolute atomic E-state index is 10.3. The number of hydrogen-bond acceptors (Lipinski definition) is 2. The molecule has 0 radical (unpaired) electrons. The molecule has 0 aromatic carbocycles. The third-order valence-corrected chi connectivity index (χ3v) is 1.20. The van der Waals surface area contributed by atoms with E-state index in [-0.39, 0.29) is 5.78 Å². The lowest BCUT2D eigenvalue weighted by Gasteiger charge is -1.95. The summed E-state index contributed by atoms with van der Waals surface area (Å²) in [5.74, 6) is 0.813. The Morgan fingerprint density at radius 2 is 1.50 bits per heavy atom. The van der Waals surface area contributed by atoms with Crippen LogP contribution in [0.25, 0.3) is 0 Å². The predicted molar refractivity (Wildman–Crippen MR) is 65.7 cm³/mol. The number of rotatable bonds is 4. The predicted octanol–water partition coefficient (Wildman–Crippen LogP) is 3.26. The van der Waals surface area contributed by atoms with Crippen LogP contribution in [0.15, 0.2) is 0 Å². The van der Waals surface area contributed by atoms with E-state index in [4.69, 9.17) is 0 Å². The van der Waals surface area contributed by atoms with Crippen LogP contribution < -0.4 is 5.32 Å². The highest BCUT2D eigenvalue weighted by Crippen LogP contribution is 1.97. The molecule has 14 heavy (non-hydrogen) atoms. The molecule has 0 aromatic rings. The van der Waals surface area contributed by atoms with Crippen molar-refractivity contribution < 1.29 is 4.79 Å². The molecule has 2 nitrogen and oxygen atoms in total. The monoisotopic (exact) mass is 203 g/mol. The largest absolute Gasteiger partial charge is 0.317 e. The van der Waals surface area contributed by atoms with E-state index in [1.54, 1.807) is 6.92 Å². The van der Waals surface area contributed by atoms with Crippen molar-refractivity contribution in [1.82, 2.24) is 5.32 Å². The standard InChI is InChI=1S/C6H12O.C4H11N.C2H6/c1-5(2)4-6(3)7;1-3-5-4-2;1-2/h5H,4H2,1-3H3;5H,3-4H2,1-2H3;1-2H3. The quantitative estimate of drug-likeness (QED) is 0.760. The van der Waals surface area contributed by atoms with Crippen LogP contribution in [0.2, 0.25) is 0 Å². The number of Topliss-reactive ketones (excluding diaryl/α,β-unsaturated/α-hetero) is 1. The van der Waals surface area contributed by atoms with Gasteiger partial charge < -0.3 is 10.1 Å². The molecule has 0 amide bonds. The van der Waals surface area contributed by atoms with Gasteiger partial charge in [0.2, 0.25) is 0 Å². The highest BCUT2D eigenvalue weighted by atomic mass is 16.1. The number of carbonyl (C=O) groups is 1. The summed E-state index contributed by atoms with van der Waals surface area (Å²) < 4.78 is 0. The Morgan fingerprint density at radius 1 is 1.14 bits per heavy atom. The van der Waals surface area contributed by atoms with Gasteiger partial charge >= 0.3 is 0 Å². The Labute approximate surface area is 90.5 Å². The van der Waals surface area contributed by atoms with E-state index >= 15 is 0 Å². The lowest BCUT2D eigenvalue weighted by molar-refractivity contribution is -0.117. The first kappa shape index (κ1) is 19.2. The van der Waals surface area contributed by atoms with Crippen LogP contribution in [0.1, 0.15) is 54.9 Å². The van der Waals surface area contributed by atoms with Gasteiger partial charge in [0.25, 0.3) is 0 Å². The zero-order chi connectivity index (χ0) is 12.0. The highest BCUT2D eigenvalue weighted by molar-refractivity contribution is 5.75. The van der Waals surface area contributed by atoms with Crippen LogP contribution >= 0.6 is 0 Å². The zero-order valence-corrected chi connectivity index (χ0v) is 11.1. The van der Waals surface area contributed by atoms with Crippen molar-refractivity contribution in [3.8, 4) is 0 Å². The van der Waals surface area contributed by atoms with Gasteiger partial charge in [-0.25, -0.2) is 0 Å². The van der Waals surface area contributed by atoms with Crippen molar-refractivity contribution in [3.05, 3.63) is 0 Å². The fraction of sp³-hybridized carbons (Fsp3) is 0.917. The van der Waals surface area contributed by atoms with Gasteiger partial charge in [-0.1, -0.05) is 41.5 Å². The average molecular weight is 203 g/mol.